The molecular formula is C13H26N2O3S. The molecule has 0 bridgehead atoms. The highest BCUT2D eigenvalue weighted by molar-refractivity contribution is 7.89. The maximum Gasteiger partial charge on any atom is 0.214 e. The SMILES string of the molecule is CCOC1CCN(S(=O)(=O)CC2CCCNC2)CC1. The van der Waals surface area contributed by atoms with Gasteiger partial charge in [-0.3, -0.25) is 0 Å². The van der Waals surface area contributed by atoms with Gasteiger partial charge in [0.15, 0.2) is 0 Å². The lowest BCUT2D eigenvalue weighted by atomic mass is 10.0. The highest BCUT2D eigenvalue weighted by atomic mass is 32.2. The van der Waals surface area contributed by atoms with E-state index in [9.17, 15) is 8.42 Å². The van der Waals surface area contributed by atoms with Gasteiger partial charge in [0, 0.05) is 19.7 Å². The van der Waals surface area contributed by atoms with E-state index in [1.165, 1.54) is 0 Å². The monoisotopic (exact) mass is 290 g/mol. The second kappa shape index (κ2) is 7.02. The molecule has 1 atom stereocenters. The molecule has 0 aromatic heterocycles. The first kappa shape index (κ1) is 15.2. The standard InChI is InChI=1S/C13H26N2O3S/c1-2-18-13-5-8-15(9-6-13)19(16,17)11-12-4-3-7-14-10-12/h12-14H,2-11H2,1H3. The minimum atomic E-state index is -3.08. The third-order valence-electron chi connectivity index (χ3n) is 4.04. The molecule has 0 aromatic rings. The molecule has 2 saturated heterocycles. The van der Waals surface area contributed by atoms with Gasteiger partial charge in [0.2, 0.25) is 10.0 Å². The second-order valence-corrected chi connectivity index (χ2v) is 7.56. The van der Waals surface area contributed by atoms with Gasteiger partial charge in [-0.05, 0) is 51.6 Å². The molecule has 2 aliphatic heterocycles. The van der Waals surface area contributed by atoms with Gasteiger partial charge in [0.25, 0.3) is 0 Å². The van der Waals surface area contributed by atoms with Crippen molar-refractivity contribution < 1.29 is 13.2 Å². The van der Waals surface area contributed by atoms with Crippen LogP contribution in [0.5, 0.6) is 0 Å². The summed E-state index contributed by atoms with van der Waals surface area (Å²) in [5, 5.41) is 3.28. The molecule has 2 rings (SSSR count). The fourth-order valence-corrected chi connectivity index (χ4v) is 4.84. The molecule has 0 aromatic carbocycles. The van der Waals surface area contributed by atoms with Crippen LogP contribution in [0.3, 0.4) is 0 Å². The first-order valence-corrected chi connectivity index (χ1v) is 9.03. The number of hydrogen-bond acceptors (Lipinski definition) is 4. The van der Waals surface area contributed by atoms with E-state index in [0.717, 1.165) is 38.8 Å². The number of ether oxygens (including phenoxy) is 1. The minimum Gasteiger partial charge on any atom is -0.378 e. The third-order valence-corrected chi connectivity index (χ3v) is 6.09. The van der Waals surface area contributed by atoms with Crippen molar-refractivity contribution in [3.8, 4) is 0 Å². The largest absolute Gasteiger partial charge is 0.378 e. The zero-order chi connectivity index (χ0) is 13.7. The summed E-state index contributed by atoms with van der Waals surface area (Å²) in [5.41, 5.74) is 0. The topological polar surface area (TPSA) is 58.6 Å². The van der Waals surface area contributed by atoms with Crippen molar-refractivity contribution in [1.82, 2.24) is 9.62 Å². The summed E-state index contributed by atoms with van der Waals surface area (Å²) in [5.74, 6) is 0.586. The van der Waals surface area contributed by atoms with Crippen molar-refractivity contribution >= 4 is 10.0 Å². The summed E-state index contributed by atoms with van der Waals surface area (Å²) in [6, 6.07) is 0. The smallest absolute Gasteiger partial charge is 0.214 e. The average molecular weight is 290 g/mol. The molecule has 6 heteroatoms. The molecule has 0 spiro atoms. The van der Waals surface area contributed by atoms with Crippen LogP contribution in [-0.4, -0.2) is 57.4 Å². The van der Waals surface area contributed by atoms with Crippen molar-refractivity contribution in [3.05, 3.63) is 0 Å². The lowest BCUT2D eigenvalue weighted by Crippen LogP contribution is -2.44. The predicted octanol–water partition coefficient (Wildman–Crippen LogP) is 0.817. The van der Waals surface area contributed by atoms with Gasteiger partial charge in [-0.25, -0.2) is 12.7 Å². The van der Waals surface area contributed by atoms with E-state index < -0.39 is 10.0 Å². The Labute approximate surface area is 116 Å². The van der Waals surface area contributed by atoms with Gasteiger partial charge in [-0.1, -0.05) is 0 Å². The van der Waals surface area contributed by atoms with Crippen molar-refractivity contribution in [2.24, 2.45) is 5.92 Å². The first-order chi connectivity index (χ1) is 9.12. The summed E-state index contributed by atoms with van der Waals surface area (Å²) in [7, 11) is -3.08. The molecular weight excluding hydrogens is 264 g/mol. The van der Waals surface area contributed by atoms with Gasteiger partial charge in [0.1, 0.15) is 0 Å². The van der Waals surface area contributed by atoms with Gasteiger partial charge < -0.3 is 10.1 Å². The van der Waals surface area contributed by atoms with Crippen LogP contribution in [0.1, 0.15) is 32.6 Å². The number of nitrogens with one attached hydrogen (secondary N) is 1. The van der Waals surface area contributed by atoms with Gasteiger partial charge >= 0.3 is 0 Å². The predicted molar refractivity (Wildman–Crippen MR) is 75.6 cm³/mol. The van der Waals surface area contributed by atoms with E-state index in [1.807, 2.05) is 6.92 Å². The molecule has 5 nitrogen and oxygen atoms in total. The van der Waals surface area contributed by atoms with Crippen LogP contribution >= 0.6 is 0 Å². The van der Waals surface area contributed by atoms with E-state index in [2.05, 4.69) is 5.32 Å². The highest BCUT2D eigenvalue weighted by Crippen LogP contribution is 2.20. The lowest BCUT2D eigenvalue weighted by Gasteiger charge is -2.32. The van der Waals surface area contributed by atoms with Gasteiger partial charge in [-0.15, -0.1) is 0 Å². The number of piperidine rings is 2. The van der Waals surface area contributed by atoms with E-state index >= 15 is 0 Å². The van der Waals surface area contributed by atoms with Crippen molar-refractivity contribution in [3.63, 3.8) is 0 Å². The van der Waals surface area contributed by atoms with Crippen LogP contribution in [0.2, 0.25) is 0 Å². The summed E-state index contributed by atoms with van der Waals surface area (Å²) < 4.78 is 32.0. The van der Waals surface area contributed by atoms with Crippen LogP contribution in [0.15, 0.2) is 0 Å². The Balaban J connectivity index is 1.83. The lowest BCUT2D eigenvalue weighted by molar-refractivity contribution is 0.0289. The highest BCUT2D eigenvalue weighted by Gasteiger charge is 2.30. The minimum absolute atomic E-state index is 0.243. The van der Waals surface area contributed by atoms with Crippen molar-refractivity contribution in [2.45, 2.75) is 38.7 Å². The Kier molecular flexibility index (Phi) is 5.62. The maximum atomic E-state index is 12.4. The maximum absolute atomic E-state index is 12.4. The number of nitrogens with zero attached hydrogens (tertiary/aromatic N) is 1. The zero-order valence-electron chi connectivity index (χ0n) is 11.8. The van der Waals surface area contributed by atoms with Crippen LogP contribution in [0.4, 0.5) is 0 Å². The summed E-state index contributed by atoms with van der Waals surface area (Å²) in [4.78, 5) is 0. The van der Waals surface area contributed by atoms with E-state index in [4.69, 9.17) is 4.74 Å². The molecule has 0 amide bonds. The Hall–Kier alpha value is -0.170. The molecule has 2 fully saturated rings. The zero-order valence-corrected chi connectivity index (χ0v) is 12.6. The Morgan fingerprint density at radius 2 is 2.00 bits per heavy atom. The third kappa shape index (κ3) is 4.41. The van der Waals surface area contributed by atoms with Crippen LogP contribution in [0, 0.1) is 5.92 Å². The molecule has 0 saturated carbocycles. The summed E-state index contributed by atoms with van der Waals surface area (Å²) in [6.45, 7) is 5.80. The second-order valence-electron chi connectivity index (χ2n) is 5.54. The van der Waals surface area contributed by atoms with E-state index in [0.29, 0.717) is 25.4 Å². The molecule has 0 radical (unpaired) electrons. The fourth-order valence-electron chi connectivity index (χ4n) is 2.98. The van der Waals surface area contributed by atoms with Crippen molar-refractivity contribution in [2.75, 3.05) is 38.5 Å². The van der Waals surface area contributed by atoms with Crippen LogP contribution in [0.25, 0.3) is 0 Å². The van der Waals surface area contributed by atoms with Crippen LogP contribution < -0.4 is 5.32 Å². The van der Waals surface area contributed by atoms with E-state index in [-0.39, 0.29) is 12.0 Å². The average Bonchev–Trinajstić information content (AvgIpc) is 2.40. The fraction of sp³-hybridized carbons (Fsp3) is 1.00. The normalized spacial score (nSPS) is 27.5. The molecule has 2 aliphatic rings. The molecule has 0 aliphatic carbocycles. The summed E-state index contributed by atoms with van der Waals surface area (Å²) >= 11 is 0. The quantitative estimate of drug-likeness (QED) is 0.814. The molecule has 1 N–H and O–H groups in total. The van der Waals surface area contributed by atoms with E-state index in [1.54, 1.807) is 4.31 Å². The van der Waals surface area contributed by atoms with Crippen LogP contribution in [-0.2, 0) is 14.8 Å². The first-order valence-electron chi connectivity index (χ1n) is 7.42. The molecule has 112 valence electrons. The van der Waals surface area contributed by atoms with Crippen molar-refractivity contribution in [1.29, 1.82) is 0 Å². The number of hydrogen-bond donors (Lipinski definition) is 1. The molecule has 1 unspecified atom stereocenters. The summed E-state index contributed by atoms with van der Waals surface area (Å²) in [6.07, 6.45) is 4.02. The molecule has 2 heterocycles. The Morgan fingerprint density at radius 1 is 1.26 bits per heavy atom. The Bertz CT molecular complexity index is 358. The number of sulfonamides is 1. The molecule has 19 heavy (non-hydrogen) atoms. The van der Waals surface area contributed by atoms with Gasteiger partial charge in [0.05, 0.1) is 11.9 Å². The Morgan fingerprint density at radius 3 is 2.58 bits per heavy atom. The number of rotatable bonds is 5. The van der Waals surface area contributed by atoms with Gasteiger partial charge in [-0.2, -0.15) is 0 Å².